The van der Waals surface area contributed by atoms with Gasteiger partial charge in [0.05, 0.1) is 21.5 Å². The molecule has 0 aliphatic rings. The highest BCUT2D eigenvalue weighted by atomic mass is 35.5. The van der Waals surface area contributed by atoms with E-state index in [1.807, 2.05) is 19.1 Å². The average molecular weight is 415 g/mol. The second kappa shape index (κ2) is 7.87. The molecule has 9 heteroatoms. The normalized spacial score (nSPS) is 13.9. The summed E-state index contributed by atoms with van der Waals surface area (Å²) in [5, 5.41) is 5.08. The maximum absolute atomic E-state index is 12.7. The zero-order chi connectivity index (χ0) is 19.6. The van der Waals surface area contributed by atoms with E-state index in [9.17, 15) is 17.4 Å². The third-order valence-electron chi connectivity index (χ3n) is 4.10. The maximum Gasteiger partial charge on any atom is 0.255 e. The molecular formula is C17H19ClN2O4S2. The van der Waals surface area contributed by atoms with E-state index in [2.05, 4.69) is 0 Å². The molecule has 0 saturated heterocycles. The highest BCUT2D eigenvalue weighted by Crippen LogP contribution is 2.26. The Kier molecular flexibility index (Phi) is 6.23. The van der Waals surface area contributed by atoms with Crippen LogP contribution in [0.2, 0.25) is 5.02 Å². The van der Waals surface area contributed by atoms with E-state index >= 15 is 0 Å². The number of benzene rings is 2. The number of carbonyl (C=O) groups is 1. The van der Waals surface area contributed by atoms with E-state index in [0.717, 1.165) is 11.6 Å². The van der Waals surface area contributed by atoms with Gasteiger partial charge in [0.1, 0.15) is 0 Å². The molecule has 0 bridgehead atoms. The molecule has 0 aliphatic heterocycles. The number of halogens is 1. The van der Waals surface area contributed by atoms with Gasteiger partial charge in [-0.1, -0.05) is 23.7 Å². The van der Waals surface area contributed by atoms with Gasteiger partial charge < -0.3 is 4.90 Å². The molecular weight excluding hydrogens is 396 g/mol. The molecule has 140 valence electrons. The first-order chi connectivity index (χ1) is 12.0. The largest absolute Gasteiger partial charge is 0.335 e. The molecule has 2 aromatic rings. The summed E-state index contributed by atoms with van der Waals surface area (Å²) in [6.45, 7) is 1.85. The molecule has 1 amide bonds. The number of hydrogen-bond donors (Lipinski definition) is 1. The summed E-state index contributed by atoms with van der Waals surface area (Å²) >= 11 is 6.08. The second-order valence-corrected chi connectivity index (χ2v) is 9.15. The van der Waals surface area contributed by atoms with Crippen LogP contribution in [0.5, 0.6) is 0 Å². The molecule has 0 radical (unpaired) electrons. The minimum Gasteiger partial charge on any atom is -0.335 e. The number of nitrogens with zero attached hydrogens (tertiary/aromatic N) is 1. The van der Waals surface area contributed by atoms with Gasteiger partial charge in [0.25, 0.3) is 5.91 Å². The molecule has 2 aromatic carbocycles. The van der Waals surface area contributed by atoms with Crippen LogP contribution >= 0.6 is 11.6 Å². The van der Waals surface area contributed by atoms with E-state index in [-0.39, 0.29) is 27.4 Å². The second-order valence-electron chi connectivity index (χ2n) is 5.80. The first-order valence-electron chi connectivity index (χ1n) is 7.55. The molecule has 2 atom stereocenters. The van der Waals surface area contributed by atoms with Crippen LogP contribution < -0.4 is 5.14 Å². The van der Waals surface area contributed by atoms with Crippen LogP contribution in [0.15, 0.2) is 52.3 Å². The quantitative estimate of drug-likeness (QED) is 0.812. The Bertz CT molecular complexity index is 959. The SMILES string of the molecule is C[C@H](c1ccc([S@@](C)=O)cc1)N(C)C(=O)c1ccc(S(N)(=O)=O)cc1Cl. The van der Waals surface area contributed by atoms with Crippen molar-refractivity contribution in [2.45, 2.75) is 22.8 Å². The first kappa shape index (κ1) is 20.6. The standard InChI is InChI=1S/C17H19ClN2O4S2/c1-11(12-4-6-13(7-5-12)25(3)22)20(2)17(21)15-9-8-14(10-16(15)18)26(19,23)24/h4-11H,1-3H3,(H2,19,23,24)/t11-,25-/m1/s1. The van der Waals surface area contributed by atoms with Gasteiger partial charge in [-0.25, -0.2) is 13.6 Å². The van der Waals surface area contributed by atoms with E-state index < -0.39 is 20.8 Å². The summed E-state index contributed by atoms with van der Waals surface area (Å²) < 4.78 is 34.2. The lowest BCUT2D eigenvalue weighted by atomic mass is 10.1. The zero-order valence-electron chi connectivity index (χ0n) is 14.5. The number of nitrogens with two attached hydrogens (primary N) is 1. The summed E-state index contributed by atoms with van der Waals surface area (Å²) in [7, 11) is -3.33. The van der Waals surface area contributed by atoms with Crippen LogP contribution in [0.1, 0.15) is 28.9 Å². The predicted octanol–water partition coefficient (Wildman–Crippen LogP) is 2.56. The Hall–Kier alpha value is -1.74. The highest BCUT2D eigenvalue weighted by molar-refractivity contribution is 7.89. The third kappa shape index (κ3) is 4.50. The fourth-order valence-corrected chi connectivity index (χ4v) is 3.76. The fraction of sp³-hybridized carbons (Fsp3) is 0.235. The Morgan fingerprint density at radius 1 is 1.19 bits per heavy atom. The summed E-state index contributed by atoms with van der Waals surface area (Å²) in [5.74, 6) is -0.355. The smallest absolute Gasteiger partial charge is 0.255 e. The summed E-state index contributed by atoms with van der Waals surface area (Å²) in [4.78, 5) is 14.8. The monoisotopic (exact) mass is 414 g/mol. The molecule has 0 fully saturated rings. The lowest BCUT2D eigenvalue weighted by Crippen LogP contribution is -2.30. The minimum atomic E-state index is -3.89. The van der Waals surface area contributed by atoms with Crippen molar-refractivity contribution in [3.8, 4) is 0 Å². The fourth-order valence-electron chi connectivity index (χ4n) is 2.37. The number of hydrogen-bond acceptors (Lipinski definition) is 4. The van der Waals surface area contributed by atoms with Crippen LogP contribution in [0.25, 0.3) is 0 Å². The van der Waals surface area contributed by atoms with Crippen LogP contribution in [-0.4, -0.2) is 36.7 Å². The van der Waals surface area contributed by atoms with Crippen molar-refractivity contribution in [1.82, 2.24) is 4.90 Å². The molecule has 0 spiro atoms. The van der Waals surface area contributed by atoms with E-state index in [0.29, 0.717) is 4.90 Å². The average Bonchev–Trinajstić information content (AvgIpc) is 2.59. The molecule has 0 unspecified atom stereocenters. The Morgan fingerprint density at radius 3 is 2.23 bits per heavy atom. The number of carbonyl (C=O) groups excluding carboxylic acids is 1. The number of sulfonamides is 1. The van der Waals surface area contributed by atoms with Crippen molar-refractivity contribution >= 4 is 38.3 Å². The van der Waals surface area contributed by atoms with Gasteiger partial charge >= 0.3 is 0 Å². The lowest BCUT2D eigenvalue weighted by molar-refractivity contribution is 0.0742. The highest BCUT2D eigenvalue weighted by Gasteiger charge is 2.22. The van der Waals surface area contributed by atoms with Crippen LogP contribution in [0, 0.1) is 0 Å². The Morgan fingerprint density at radius 2 is 1.77 bits per heavy atom. The molecule has 0 aliphatic carbocycles. The van der Waals surface area contributed by atoms with Gasteiger partial charge in [0.2, 0.25) is 10.0 Å². The topological polar surface area (TPSA) is 97.5 Å². The van der Waals surface area contributed by atoms with Crippen LogP contribution in [0.4, 0.5) is 0 Å². The minimum absolute atomic E-state index is 0.0114. The van der Waals surface area contributed by atoms with Crippen LogP contribution in [-0.2, 0) is 20.8 Å². The third-order valence-corrected chi connectivity index (χ3v) is 6.25. The van der Waals surface area contributed by atoms with Gasteiger partial charge in [-0.2, -0.15) is 0 Å². The van der Waals surface area contributed by atoms with Gasteiger partial charge in [-0.3, -0.25) is 9.00 Å². The summed E-state index contributed by atoms with van der Waals surface area (Å²) in [6, 6.07) is 10.6. The summed E-state index contributed by atoms with van der Waals surface area (Å²) in [6.07, 6.45) is 1.60. The number of primary sulfonamides is 1. The number of amides is 1. The van der Waals surface area contributed by atoms with Crippen molar-refractivity contribution < 1.29 is 17.4 Å². The van der Waals surface area contributed by atoms with E-state index in [1.165, 1.54) is 17.0 Å². The predicted molar refractivity (Wildman–Crippen MR) is 102 cm³/mol. The molecule has 2 N–H and O–H groups in total. The molecule has 0 heterocycles. The maximum atomic E-state index is 12.7. The molecule has 0 saturated carbocycles. The van der Waals surface area contributed by atoms with Gasteiger partial charge in [-0.05, 0) is 42.8 Å². The van der Waals surface area contributed by atoms with Crippen molar-refractivity contribution in [2.75, 3.05) is 13.3 Å². The van der Waals surface area contributed by atoms with Gasteiger partial charge in [0.15, 0.2) is 0 Å². The van der Waals surface area contributed by atoms with Crippen LogP contribution in [0.3, 0.4) is 0 Å². The Balaban J connectivity index is 2.27. The zero-order valence-corrected chi connectivity index (χ0v) is 16.9. The van der Waals surface area contributed by atoms with E-state index in [4.69, 9.17) is 16.7 Å². The van der Waals surface area contributed by atoms with Crippen molar-refractivity contribution in [2.24, 2.45) is 5.14 Å². The molecule has 26 heavy (non-hydrogen) atoms. The summed E-state index contributed by atoms with van der Waals surface area (Å²) in [5.41, 5.74) is 1.05. The van der Waals surface area contributed by atoms with Crippen molar-refractivity contribution in [3.05, 3.63) is 58.6 Å². The lowest BCUT2D eigenvalue weighted by Gasteiger charge is -2.26. The van der Waals surface area contributed by atoms with Crippen molar-refractivity contribution in [3.63, 3.8) is 0 Å². The first-order valence-corrected chi connectivity index (χ1v) is 11.0. The Labute approximate surface area is 160 Å². The van der Waals surface area contributed by atoms with Crippen molar-refractivity contribution in [1.29, 1.82) is 0 Å². The molecule has 0 aromatic heterocycles. The van der Waals surface area contributed by atoms with Gasteiger partial charge in [-0.15, -0.1) is 0 Å². The molecule has 6 nitrogen and oxygen atoms in total. The van der Waals surface area contributed by atoms with E-state index in [1.54, 1.807) is 25.4 Å². The number of rotatable bonds is 5. The molecule has 2 rings (SSSR count). The van der Waals surface area contributed by atoms with Gasteiger partial charge in [0, 0.05) is 29.0 Å².